The highest BCUT2D eigenvalue weighted by Gasteiger charge is 2.36. The van der Waals surface area contributed by atoms with Gasteiger partial charge in [-0.25, -0.2) is 0 Å². The van der Waals surface area contributed by atoms with E-state index in [0.717, 1.165) is 42.9 Å². The first-order chi connectivity index (χ1) is 12.9. The Morgan fingerprint density at radius 3 is 2.63 bits per heavy atom. The summed E-state index contributed by atoms with van der Waals surface area (Å²) in [6.45, 7) is 8.41. The van der Waals surface area contributed by atoms with Crippen LogP contribution in [0.2, 0.25) is 0 Å². The number of carbonyl (C=O) groups is 1. The van der Waals surface area contributed by atoms with Crippen LogP contribution in [0.1, 0.15) is 52.8 Å². The first kappa shape index (κ1) is 18.4. The fraction of sp³-hybridized carbons (Fsp3) is 0.550. The van der Waals surface area contributed by atoms with Crippen molar-refractivity contribution in [1.29, 1.82) is 0 Å². The lowest BCUT2D eigenvalue weighted by Crippen LogP contribution is -2.34. The van der Waals surface area contributed by atoms with Crippen molar-refractivity contribution < 1.29 is 9.32 Å². The molecular weight excluding hydrogens is 360 g/mol. The van der Waals surface area contributed by atoms with Crippen LogP contribution in [0.15, 0.2) is 9.52 Å². The predicted molar refractivity (Wildman–Crippen MR) is 107 cm³/mol. The number of rotatable bonds is 3. The summed E-state index contributed by atoms with van der Waals surface area (Å²) < 4.78 is 5.67. The summed E-state index contributed by atoms with van der Waals surface area (Å²) in [5, 5.41) is 4.19. The van der Waals surface area contributed by atoms with Crippen molar-refractivity contribution in [1.82, 2.24) is 10.1 Å². The summed E-state index contributed by atoms with van der Waals surface area (Å²) in [7, 11) is 2.16. The van der Waals surface area contributed by atoms with Crippen LogP contribution in [0.25, 0.3) is 10.4 Å². The van der Waals surface area contributed by atoms with Gasteiger partial charge in [-0.2, -0.15) is 0 Å². The topological polar surface area (TPSA) is 84.7 Å². The predicted octanol–water partition coefficient (Wildman–Crippen LogP) is 3.39. The zero-order chi connectivity index (χ0) is 19.3. The highest BCUT2D eigenvalue weighted by atomic mass is 32.1. The second-order valence-electron chi connectivity index (χ2n) is 7.77. The van der Waals surface area contributed by atoms with E-state index in [1.165, 1.54) is 20.9 Å². The molecule has 2 aliphatic rings. The summed E-state index contributed by atoms with van der Waals surface area (Å²) >= 11 is 1.77. The van der Waals surface area contributed by atoms with Crippen LogP contribution in [0.4, 0.5) is 0 Å². The highest BCUT2D eigenvalue weighted by molar-refractivity contribution is 7.16. The normalized spacial score (nSPS) is 20.7. The Morgan fingerprint density at radius 2 is 1.96 bits per heavy atom. The number of hydrogen-bond acceptors (Lipinski definition) is 6. The second kappa shape index (κ2) is 6.87. The highest BCUT2D eigenvalue weighted by Crippen LogP contribution is 2.46. The Bertz CT molecular complexity index is 919. The number of nitrogens with zero attached hydrogens (tertiary/aromatic N) is 3. The number of hydrogen-bond donors (Lipinski definition) is 1. The molecule has 0 aromatic carbocycles. The van der Waals surface area contributed by atoms with Crippen molar-refractivity contribution in [3.8, 4) is 10.4 Å². The van der Waals surface area contributed by atoms with Crippen molar-refractivity contribution in [3.63, 3.8) is 0 Å². The number of amides is 1. The van der Waals surface area contributed by atoms with Crippen molar-refractivity contribution in [2.75, 3.05) is 20.1 Å². The Labute approximate surface area is 163 Å². The summed E-state index contributed by atoms with van der Waals surface area (Å²) in [5.74, 6) is 0.696. The second-order valence-corrected chi connectivity index (χ2v) is 9.00. The van der Waals surface area contributed by atoms with Crippen molar-refractivity contribution in [2.24, 2.45) is 16.6 Å². The zero-order valence-electron chi connectivity index (χ0n) is 16.3. The maximum absolute atomic E-state index is 11.7. The number of thiophene rings is 1. The molecule has 4 rings (SSSR count). The lowest BCUT2D eigenvalue weighted by Gasteiger charge is -2.30. The third-order valence-electron chi connectivity index (χ3n) is 5.86. The molecule has 0 unspecified atom stereocenters. The molecule has 4 heterocycles. The molecule has 1 atom stereocenters. The van der Waals surface area contributed by atoms with Gasteiger partial charge in [-0.15, -0.1) is 11.3 Å². The van der Waals surface area contributed by atoms with Crippen LogP contribution in [0.5, 0.6) is 0 Å². The van der Waals surface area contributed by atoms with E-state index in [4.69, 9.17) is 15.2 Å². The molecule has 7 heteroatoms. The molecule has 6 nitrogen and oxygen atoms in total. The summed E-state index contributed by atoms with van der Waals surface area (Å²) in [6, 6.07) is -0.396. The van der Waals surface area contributed by atoms with Crippen molar-refractivity contribution >= 4 is 23.0 Å². The van der Waals surface area contributed by atoms with E-state index < -0.39 is 6.04 Å². The molecule has 0 bridgehead atoms. The van der Waals surface area contributed by atoms with Gasteiger partial charge in [0.25, 0.3) is 0 Å². The van der Waals surface area contributed by atoms with E-state index >= 15 is 0 Å². The molecule has 2 N–H and O–H groups in total. The van der Waals surface area contributed by atoms with Gasteiger partial charge in [-0.05, 0) is 59.3 Å². The van der Waals surface area contributed by atoms with E-state index in [1.807, 2.05) is 6.92 Å². The fourth-order valence-electron chi connectivity index (χ4n) is 4.21. The molecule has 144 valence electrons. The third kappa shape index (κ3) is 3.12. The first-order valence-corrected chi connectivity index (χ1v) is 10.3. The van der Waals surface area contributed by atoms with Crippen LogP contribution in [0.3, 0.4) is 0 Å². The van der Waals surface area contributed by atoms with Crippen LogP contribution in [-0.4, -0.2) is 41.8 Å². The van der Waals surface area contributed by atoms with E-state index in [9.17, 15) is 4.79 Å². The summed E-state index contributed by atoms with van der Waals surface area (Å²) in [5.41, 5.74) is 11.0. The van der Waals surface area contributed by atoms with Crippen LogP contribution < -0.4 is 5.73 Å². The number of piperidine rings is 1. The Kier molecular flexibility index (Phi) is 4.68. The van der Waals surface area contributed by atoms with E-state index in [2.05, 4.69) is 31.0 Å². The van der Waals surface area contributed by atoms with Gasteiger partial charge in [0.05, 0.1) is 17.7 Å². The van der Waals surface area contributed by atoms with Crippen LogP contribution in [-0.2, 0) is 4.79 Å². The number of fused-ring (bicyclic) bond motifs is 3. The number of aryl methyl sites for hydroxylation is 2. The van der Waals surface area contributed by atoms with Gasteiger partial charge in [0.1, 0.15) is 6.04 Å². The van der Waals surface area contributed by atoms with Gasteiger partial charge in [-0.3, -0.25) is 9.79 Å². The molecule has 2 aromatic rings. The summed E-state index contributed by atoms with van der Waals surface area (Å²) in [4.78, 5) is 21.7. The minimum atomic E-state index is -0.396. The Morgan fingerprint density at radius 1 is 1.26 bits per heavy atom. The Hall–Kier alpha value is -1.99. The van der Waals surface area contributed by atoms with Gasteiger partial charge in [0.15, 0.2) is 5.76 Å². The largest absolute Gasteiger partial charge is 0.370 e. The maximum atomic E-state index is 11.7. The minimum absolute atomic E-state index is 0.144. The van der Waals surface area contributed by atoms with Crippen LogP contribution in [0, 0.1) is 26.7 Å². The molecular formula is C20H26N4O2S. The molecule has 2 aliphatic heterocycles. The number of primary amides is 1. The van der Waals surface area contributed by atoms with Gasteiger partial charge >= 0.3 is 0 Å². The van der Waals surface area contributed by atoms with E-state index in [-0.39, 0.29) is 12.3 Å². The molecule has 2 aromatic heterocycles. The van der Waals surface area contributed by atoms with Crippen LogP contribution >= 0.6 is 11.3 Å². The minimum Gasteiger partial charge on any atom is -0.370 e. The fourth-order valence-corrected chi connectivity index (χ4v) is 5.49. The monoisotopic (exact) mass is 386 g/mol. The standard InChI is InChI=1S/C20H26N4O2S/c1-10-12(3)27-20-16(10)18(13-5-7-24(4)8-6-13)22-14(9-15(21)25)19-17(20)11(2)23-26-19/h13-14H,5-9H2,1-4H3,(H2,21,25)/t14-/m0/s1. The van der Waals surface area contributed by atoms with E-state index in [0.29, 0.717) is 11.7 Å². The molecule has 0 spiro atoms. The molecule has 0 saturated carbocycles. The lowest BCUT2D eigenvalue weighted by atomic mass is 9.86. The number of aliphatic imine (C=N–C) groups is 1. The average Bonchev–Trinajstić information content (AvgIpc) is 3.08. The molecule has 27 heavy (non-hydrogen) atoms. The maximum Gasteiger partial charge on any atom is 0.220 e. The molecule has 0 radical (unpaired) electrons. The molecule has 1 fully saturated rings. The van der Waals surface area contributed by atoms with Gasteiger partial charge in [-0.1, -0.05) is 5.16 Å². The SMILES string of the molecule is Cc1noc2c1-c1sc(C)c(C)c1C(C1CCN(C)CC1)=N[C@H]2CC(N)=O. The smallest absolute Gasteiger partial charge is 0.220 e. The molecule has 1 amide bonds. The van der Waals surface area contributed by atoms with Gasteiger partial charge in [0.2, 0.25) is 5.91 Å². The molecule has 0 aliphatic carbocycles. The zero-order valence-corrected chi connectivity index (χ0v) is 17.2. The van der Waals surface area contributed by atoms with Crippen molar-refractivity contribution in [3.05, 3.63) is 27.5 Å². The molecule has 1 saturated heterocycles. The number of carbonyl (C=O) groups excluding carboxylic acids is 1. The summed E-state index contributed by atoms with van der Waals surface area (Å²) in [6.07, 6.45) is 2.29. The van der Waals surface area contributed by atoms with Crippen molar-refractivity contribution in [2.45, 2.75) is 46.1 Å². The van der Waals surface area contributed by atoms with E-state index in [1.54, 1.807) is 11.3 Å². The number of aromatic nitrogens is 1. The van der Waals surface area contributed by atoms with Gasteiger partial charge < -0.3 is 15.2 Å². The number of nitrogens with two attached hydrogens (primary N) is 1. The first-order valence-electron chi connectivity index (χ1n) is 9.48. The average molecular weight is 387 g/mol. The van der Waals surface area contributed by atoms with Gasteiger partial charge in [0, 0.05) is 26.9 Å². The number of likely N-dealkylation sites (tertiary alicyclic amines) is 1. The third-order valence-corrected chi connectivity index (χ3v) is 7.08. The quantitative estimate of drug-likeness (QED) is 0.876. The lowest BCUT2D eigenvalue weighted by molar-refractivity contribution is -0.118. The Balaban J connectivity index is 1.91.